The first kappa shape index (κ1) is 23.8. The largest absolute Gasteiger partial charge is 0.591 e. The maximum absolute atomic E-state index is 15.2. The molecule has 0 fully saturated rings. The quantitative estimate of drug-likeness (QED) is 0.247. The normalized spacial score (nSPS) is 14.8. The molecule has 9 heteroatoms. The third-order valence-corrected chi connectivity index (χ3v) is 10.3. The molecule has 0 saturated heterocycles. The van der Waals surface area contributed by atoms with Crippen LogP contribution in [0.5, 0.6) is 0 Å². The molecular weight excluding hydrogens is 449 g/mol. The van der Waals surface area contributed by atoms with Crippen LogP contribution in [0.2, 0.25) is 0 Å². The Kier molecular flexibility index (Phi) is 9.99. The van der Waals surface area contributed by atoms with Crippen LogP contribution in [0.4, 0.5) is 13.2 Å². The van der Waals surface area contributed by atoms with Crippen molar-refractivity contribution in [3.05, 3.63) is 22.2 Å². The summed E-state index contributed by atoms with van der Waals surface area (Å²) in [6.45, 7) is 7.85. The fourth-order valence-electron chi connectivity index (χ4n) is 2.65. The van der Waals surface area contributed by atoms with E-state index >= 15 is 4.39 Å². The van der Waals surface area contributed by atoms with Gasteiger partial charge in [0.2, 0.25) is 0 Å². The molecule has 3 nitrogen and oxygen atoms in total. The Labute approximate surface area is 167 Å². The molecule has 0 aliphatic carbocycles. The molecule has 0 bridgehead atoms. The summed E-state index contributed by atoms with van der Waals surface area (Å²) in [5, 5.41) is 0. The molecule has 1 rings (SSSR count). The van der Waals surface area contributed by atoms with Crippen LogP contribution in [0.1, 0.15) is 46.2 Å². The Hall–Kier alpha value is -0.250. The van der Waals surface area contributed by atoms with Crippen molar-refractivity contribution in [3.8, 4) is 0 Å². The Morgan fingerprint density at radius 2 is 1.85 bits per heavy atom. The summed E-state index contributed by atoms with van der Waals surface area (Å²) >= 11 is 1.39. The second kappa shape index (κ2) is 10.9. The van der Waals surface area contributed by atoms with Crippen molar-refractivity contribution in [2.24, 2.45) is 4.40 Å². The lowest BCUT2D eigenvalue weighted by atomic mass is 10.2. The van der Waals surface area contributed by atoms with E-state index < -0.39 is 45.0 Å². The fraction of sp³-hybridized carbons (Fsp3) is 0.647. The Balaban J connectivity index is 3.53. The predicted molar refractivity (Wildman–Crippen MR) is 110 cm³/mol. The molecule has 150 valence electrons. The zero-order chi connectivity index (χ0) is 19.9. The highest BCUT2D eigenvalue weighted by Crippen LogP contribution is 2.56. The summed E-state index contributed by atoms with van der Waals surface area (Å²) in [4.78, 5) is 4.34. The van der Waals surface area contributed by atoms with E-state index in [1.54, 1.807) is 6.07 Å². The van der Waals surface area contributed by atoms with Gasteiger partial charge in [-0.1, -0.05) is 38.5 Å². The molecule has 0 N–H and O–H groups in total. The molecule has 0 radical (unpaired) electrons. The molecule has 1 heterocycles. The third kappa shape index (κ3) is 5.62. The summed E-state index contributed by atoms with van der Waals surface area (Å²) in [5.74, 6) is 1.65. The highest BCUT2D eigenvalue weighted by Gasteiger charge is 2.32. The number of alkyl halides is 2. The number of aromatic nitrogens is 1. The molecule has 1 aromatic rings. The van der Waals surface area contributed by atoms with Crippen molar-refractivity contribution in [2.75, 3.05) is 23.0 Å². The van der Waals surface area contributed by atoms with Gasteiger partial charge in [-0.2, -0.15) is 0 Å². The van der Waals surface area contributed by atoms with Crippen LogP contribution in [0, 0.1) is 5.82 Å². The van der Waals surface area contributed by atoms with Crippen LogP contribution < -0.4 is 0 Å². The van der Waals surface area contributed by atoms with Crippen molar-refractivity contribution in [2.45, 2.75) is 51.9 Å². The molecular formula is C17H26BrF3N2OS2. The van der Waals surface area contributed by atoms with Gasteiger partial charge in [-0.05, 0) is 45.7 Å². The standard InChI is InChI=1S/C17H26BrF3N2OS2/c1-5-9-10-25(24)23-16(17(20)21)15-14(19)12(11-13(18)22-15)26(6-2,7-3)8-4/h11,17H,5-10H2,1-4H3. The van der Waals surface area contributed by atoms with E-state index in [0.29, 0.717) is 11.3 Å². The summed E-state index contributed by atoms with van der Waals surface area (Å²) in [6, 6.07) is 1.59. The van der Waals surface area contributed by atoms with E-state index in [0.717, 1.165) is 23.7 Å². The molecule has 0 aliphatic rings. The number of halogens is 4. The van der Waals surface area contributed by atoms with Gasteiger partial charge in [0, 0.05) is 4.90 Å². The van der Waals surface area contributed by atoms with Crippen molar-refractivity contribution in [1.29, 1.82) is 0 Å². The van der Waals surface area contributed by atoms with Crippen molar-refractivity contribution >= 4 is 43.0 Å². The first-order valence-electron chi connectivity index (χ1n) is 8.64. The van der Waals surface area contributed by atoms with Gasteiger partial charge in [-0.3, -0.25) is 0 Å². The second-order valence-corrected chi connectivity index (χ2v) is 12.0. The number of rotatable bonds is 10. The van der Waals surface area contributed by atoms with Gasteiger partial charge in [-0.25, -0.2) is 28.2 Å². The SMILES string of the molecule is CCCC[S+]([O-])N=C(c1nc(Br)cc(S(CC)(CC)CC)c1F)C(F)F. The van der Waals surface area contributed by atoms with Crippen LogP contribution in [0.3, 0.4) is 0 Å². The molecule has 0 amide bonds. The van der Waals surface area contributed by atoms with Crippen LogP contribution in [0.25, 0.3) is 0 Å². The lowest BCUT2D eigenvalue weighted by Gasteiger charge is -2.38. The maximum Gasteiger partial charge on any atom is 0.287 e. The van der Waals surface area contributed by atoms with Gasteiger partial charge < -0.3 is 4.55 Å². The third-order valence-electron chi connectivity index (χ3n) is 4.34. The second-order valence-electron chi connectivity index (χ2n) is 5.67. The summed E-state index contributed by atoms with van der Waals surface area (Å²) in [5.41, 5.74) is -1.34. The summed E-state index contributed by atoms with van der Waals surface area (Å²) < 4.78 is 58.3. The van der Waals surface area contributed by atoms with Crippen LogP contribution in [0.15, 0.2) is 20.0 Å². The van der Waals surface area contributed by atoms with Gasteiger partial charge in [-0.15, -0.1) is 0 Å². The van der Waals surface area contributed by atoms with Crippen LogP contribution in [-0.2, 0) is 11.4 Å². The molecule has 0 saturated carbocycles. The minimum absolute atomic E-state index is 0.170. The van der Waals surface area contributed by atoms with Gasteiger partial charge in [0.15, 0.2) is 11.5 Å². The molecule has 0 aliphatic heterocycles. The van der Waals surface area contributed by atoms with Crippen LogP contribution in [-0.4, -0.2) is 44.7 Å². The van der Waals surface area contributed by atoms with Crippen molar-refractivity contribution < 1.29 is 17.7 Å². The molecule has 1 atom stereocenters. The zero-order valence-electron chi connectivity index (χ0n) is 15.5. The lowest BCUT2D eigenvalue weighted by molar-refractivity contribution is 0.225. The summed E-state index contributed by atoms with van der Waals surface area (Å²) in [7, 11) is -1.49. The van der Waals surface area contributed by atoms with Gasteiger partial charge in [0.25, 0.3) is 6.43 Å². The Morgan fingerprint density at radius 1 is 1.27 bits per heavy atom. The first-order chi connectivity index (χ1) is 12.3. The number of hydrogen-bond donors (Lipinski definition) is 0. The number of pyridine rings is 1. The smallest absolute Gasteiger partial charge is 0.287 e. The minimum atomic E-state index is -3.06. The fourth-order valence-corrected chi connectivity index (χ4v) is 7.22. The molecule has 26 heavy (non-hydrogen) atoms. The number of nitrogens with zero attached hydrogens (tertiary/aromatic N) is 2. The molecule has 0 aromatic carbocycles. The highest BCUT2D eigenvalue weighted by molar-refractivity contribution is 9.10. The molecule has 1 unspecified atom stereocenters. The summed E-state index contributed by atoms with van der Waals surface area (Å²) in [6.07, 6.45) is -1.69. The molecule has 1 aromatic heterocycles. The van der Waals surface area contributed by atoms with Crippen LogP contribution >= 0.6 is 26.0 Å². The topological polar surface area (TPSA) is 48.3 Å². The minimum Gasteiger partial charge on any atom is -0.591 e. The van der Waals surface area contributed by atoms with Gasteiger partial charge in [0.05, 0.1) is 11.4 Å². The van der Waals surface area contributed by atoms with E-state index in [1.807, 2.05) is 27.7 Å². The first-order valence-corrected chi connectivity index (χ1v) is 12.8. The lowest BCUT2D eigenvalue weighted by Crippen LogP contribution is -2.21. The molecule has 0 spiro atoms. The van der Waals surface area contributed by atoms with E-state index in [-0.39, 0.29) is 10.4 Å². The van der Waals surface area contributed by atoms with E-state index in [9.17, 15) is 13.3 Å². The average molecular weight is 475 g/mol. The van der Waals surface area contributed by atoms with Gasteiger partial charge >= 0.3 is 0 Å². The maximum atomic E-state index is 15.2. The number of unbranched alkanes of at least 4 members (excludes halogenated alkanes) is 1. The van der Waals surface area contributed by atoms with Crippen molar-refractivity contribution in [1.82, 2.24) is 4.98 Å². The zero-order valence-corrected chi connectivity index (χ0v) is 18.7. The Morgan fingerprint density at radius 3 is 2.31 bits per heavy atom. The van der Waals surface area contributed by atoms with E-state index in [1.165, 1.54) is 0 Å². The van der Waals surface area contributed by atoms with Gasteiger partial charge in [0.1, 0.15) is 16.0 Å². The highest BCUT2D eigenvalue weighted by atomic mass is 79.9. The predicted octanol–water partition coefficient (Wildman–Crippen LogP) is 5.72. The monoisotopic (exact) mass is 474 g/mol. The van der Waals surface area contributed by atoms with Crippen molar-refractivity contribution in [3.63, 3.8) is 0 Å². The number of hydrogen-bond acceptors (Lipinski definition) is 3. The average Bonchev–Trinajstić information content (AvgIpc) is 2.62. The Bertz CT molecular complexity index is 620. The van der Waals surface area contributed by atoms with E-state index in [4.69, 9.17) is 0 Å². The van der Waals surface area contributed by atoms with E-state index in [2.05, 4.69) is 25.3 Å².